The summed E-state index contributed by atoms with van der Waals surface area (Å²) in [4.78, 5) is 49.9. The van der Waals surface area contributed by atoms with E-state index < -0.39 is 5.92 Å². The fraction of sp³-hybridized carbons (Fsp3) is 0.571. The summed E-state index contributed by atoms with van der Waals surface area (Å²) in [6, 6.07) is 11.6. The van der Waals surface area contributed by atoms with Gasteiger partial charge in [-0.25, -0.2) is 4.79 Å². The van der Waals surface area contributed by atoms with Crippen LogP contribution in [0.1, 0.15) is 62.1 Å². The molecule has 6 rings (SSSR count). The largest absolute Gasteiger partial charge is 0.397 e. The van der Waals surface area contributed by atoms with E-state index in [0.717, 1.165) is 67.1 Å². The van der Waals surface area contributed by atoms with Gasteiger partial charge in [0.1, 0.15) is 0 Å². The fourth-order valence-electron chi connectivity index (χ4n) is 7.98. The SMILES string of the molecule is Cc1cc(C[C@@H](CC(=O)N2CCC(n3c(=O)[nH]c4ccccc43)CC2)C(=O)N2CCC(C3CCN(C)CC3)CC2)cc(Cl)c1N. The Morgan fingerprint density at radius 1 is 0.933 bits per heavy atom. The molecule has 4 heterocycles. The molecule has 0 saturated carbocycles. The van der Waals surface area contributed by atoms with Crippen molar-refractivity contribution in [3.63, 3.8) is 0 Å². The monoisotopic (exact) mass is 634 g/mol. The lowest BCUT2D eigenvalue weighted by molar-refractivity contribution is -0.143. The molecule has 0 radical (unpaired) electrons. The summed E-state index contributed by atoms with van der Waals surface area (Å²) in [5, 5.41) is 0.482. The summed E-state index contributed by atoms with van der Waals surface area (Å²) in [6.07, 6.45) is 6.56. The number of aromatic amines is 1. The number of hydrogen-bond donors (Lipinski definition) is 2. The van der Waals surface area contributed by atoms with Crippen molar-refractivity contribution in [2.45, 2.75) is 64.3 Å². The number of fused-ring (bicyclic) bond motifs is 1. The van der Waals surface area contributed by atoms with Crippen molar-refractivity contribution in [2.75, 3.05) is 52.0 Å². The second kappa shape index (κ2) is 13.6. The van der Waals surface area contributed by atoms with Crippen molar-refractivity contribution in [3.8, 4) is 0 Å². The summed E-state index contributed by atoms with van der Waals surface area (Å²) in [7, 11) is 2.20. The Balaban J connectivity index is 1.12. The molecule has 45 heavy (non-hydrogen) atoms. The first-order valence-electron chi connectivity index (χ1n) is 16.7. The van der Waals surface area contributed by atoms with Gasteiger partial charge in [-0.1, -0.05) is 29.8 Å². The normalized spacial score (nSPS) is 20.2. The zero-order valence-electron chi connectivity index (χ0n) is 26.6. The molecule has 9 nitrogen and oxygen atoms in total. The number of nitrogens with two attached hydrogens (primary N) is 1. The van der Waals surface area contributed by atoms with Crippen molar-refractivity contribution in [3.05, 3.63) is 63.0 Å². The number of hydrogen-bond acceptors (Lipinski definition) is 5. The summed E-state index contributed by atoms with van der Waals surface area (Å²) in [5.74, 6) is 1.02. The molecule has 242 valence electrons. The van der Waals surface area contributed by atoms with Crippen LogP contribution in [0.15, 0.2) is 41.2 Å². The number of nitrogen functional groups attached to an aromatic ring is 1. The fourth-order valence-corrected chi connectivity index (χ4v) is 8.26. The third-order valence-corrected chi connectivity index (χ3v) is 11.0. The highest BCUT2D eigenvalue weighted by atomic mass is 35.5. The topological polar surface area (TPSA) is 108 Å². The van der Waals surface area contributed by atoms with Crippen LogP contribution in [0.4, 0.5) is 5.69 Å². The number of H-pyrrole nitrogens is 1. The van der Waals surface area contributed by atoms with Gasteiger partial charge in [-0.05, 0) is 113 Å². The molecule has 1 atom stereocenters. The van der Waals surface area contributed by atoms with E-state index in [0.29, 0.717) is 49.0 Å². The predicted octanol–water partition coefficient (Wildman–Crippen LogP) is 4.87. The van der Waals surface area contributed by atoms with Crippen LogP contribution in [0.2, 0.25) is 5.02 Å². The van der Waals surface area contributed by atoms with Gasteiger partial charge in [0, 0.05) is 38.6 Å². The van der Waals surface area contributed by atoms with Crippen LogP contribution in [0, 0.1) is 24.7 Å². The van der Waals surface area contributed by atoms with E-state index in [1.807, 2.05) is 57.7 Å². The van der Waals surface area contributed by atoms with Crippen molar-refractivity contribution in [1.29, 1.82) is 0 Å². The van der Waals surface area contributed by atoms with Crippen LogP contribution in [0.5, 0.6) is 0 Å². The first kappa shape index (κ1) is 31.7. The number of carbonyl (C=O) groups excluding carboxylic acids is 2. The number of nitrogens with one attached hydrogen (secondary N) is 1. The van der Waals surface area contributed by atoms with Crippen LogP contribution < -0.4 is 11.4 Å². The van der Waals surface area contributed by atoms with E-state index in [1.165, 1.54) is 12.8 Å². The maximum absolute atomic E-state index is 14.1. The number of aromatic nitrogens is 2. The number of halogens is 1. The third-order valence-electron chi connectivity index (χ3n) is 10.7. The Morgan fingerprint density at radius 3 is 2.22 bits per heavy atom. The Bertz CT molecular complexity index is 1550. The van der Waals surface area contributed by atoms with E-state index in [1.54, 1.807) is 0 Å². The van der Waals surface area contributed by atoms with Gasteiger partial charge >= 0.3 is 5.69 Å². The number of imidazole rings is 1. The highest BCUT2D eigenvalue weighted by Crippen LogP contribution is 2.34. The molecular weight excluding hydrogens is 588 g/mol. The Morgan fingerprint density at radius 2 is 1.56 bits per heavy atom. The molecule has 0 spiro atoms. The third kappa shape index (κ3) is 6.94. The molecule has 3 N–H and O–H groups in total. The van der Waals surface area contributed by atoms with Crippen molar-refractivity contribution in [1.82, 2.24) is 24.3 Å². The van der Waals surface area contributed by atoms with Crippen molar-refractivity contribution in [2.24, 2.45) is 17.8 Å². The molecule has 0 bridgehead atoms. The molecule has 3 aliphatic rings. The minimum absolute atomic E-state index is 0.00227. The zero-order valence-corrected chi connectivity index (χ0v) is 27.4. The van der Waals surface area contributed by atoms with Crippen LogP contribution in [-0.2, 0) is 16.0 Å². The van der Waals surface area contributed by atoms with Crippen molar-refractivity contribution >= 4 is 40.1 Å². The van der Waals surface area contributed by atoms with Gasteiger partial charge in [-0.3, -0.25) is 14.2 Å². The van der Waals surface area contributed by atoms with E-state index in [9.17, 15) is 14.4 Å². The number of carbonyl (C=O) groups is 2. The quantitative estimate of drug-likeness (QED) is 0.361. The molecule has 0 unspecified atom stereocenters. The van der Waals surface area contributed by atoms with Gasteiger partial charge in [0.2, 0.25) is 11.8 Å². The molecule has 2 amide bonds. The molecule has 3 aromatic rings. The molecular formula is C35H47ClN6O3. The Labute approximate surface area is 270 Å². The van der Waals surface area contributed by atoms with E-state index in [-0.39, 0.29) is 30.0 Å². The van der Waals surface area contributed by atoms with Crippen LogP contribution >= 0.6 is 11.6 Å². The second-order valence-electron chi connectivity index (χ2n) is 13.6. The Kier molecular flexibility index (Phi) is 9.57. The van der Waals surface area contributed by atoms with Crippen molar-refractivity contribution < 1.29 is 9.59 Å². The molecule has 2 aromatic carbocycles. The summed E-state index contributed by atoms with van der Waals surface area (Å²) < 4.78 is 1.84. The second-order valence-corrected chi connectivity index (χ2v) is 14.1. The number of benzene rings is 2. The summed E-state index contributed by atoms with van der Waals surface area (Å²) in [6.45, 7) is 6.88. The zero-order chi connectivity index (χ0) is 31.7. The number of aryl methyl sites for hydroxylation is 1. The molecule has 3 saturated heterocycles. The van der Waals surface area contributed by atoms with Crippen LogP contribution in [-0.4, -0.2) is 82.4 Å². The summed E-state index contributed by atoms with van der Waals surface area (Å²) >= 11 is 6.44. The van der Waals surface area contributed by atoms with E-state index in [2.05, 4.69) is 16.9 Å². The van der Waals surface area contributed by atoms with E-state index >= 15 is 0 Å². The number of rotatable bonds is 7. The van der Waals surface area contributed by atoms with Gasteiger partial charge in [0.05, 0.1) is 27.7 Å². The smallest absolute Gasteiger partial charge is 0.326 e. The molecule has 0 aliphatic carbocycles. The number of nitrogens with zero attached hydrogens (tertiary/aromatic N) is 4. The maximum Gasteiger partial charge on any atom is 0.326 e. The van der Waals surface area contributed by atoms with Gasteiger partial charge < -0.3 is 25.4 Å². The molecule has 1 aromatic heterocycles. The highest BCUT2D eigenvalue weighted by Gasteiger charge is 2.35. The molecule has 3 aliphatic heterocycles. The van der Waals surface area contributed by atoms with Gasteiger partial charge in [0.25, 0.3) is 0 Å². The van der Waals surface area contributed by atoms with Crippen LogP contribution in [0.25, 0.3) is 11.0 Å². The lowest BCUT2D eigenvalue weighted by Gasteiger charge is -2.40. The number of likely N-dealkylation sites (tertiary alicyclic amines) is 3. The summed E-state index contributed by atoms with van der Waals surface area (Å²) in [5.41, 5.74) is 10.1. The predicted molar refractivity (Wildman–Crippen MR) is 179 cm³/mol. The number of para-hydroxylation sites is 2. The number of anilines is 1. The number of piperidine rings is 3. The van der Waals surface area contributed by atoms with Gasteiger partial charge in [-0.15, -0.1) is 0 Å². The highest BCUT2D eigenvalue weighted by molar-refractivity contribution is 6.33. The minimum Gasteiger partial charge on any atom is -0.397 e. The first-order valence-corrected chi connectivity index (χ1v) is 17.0. The lowest BCUT2D eigenvalue weighted by Crippen LogP contribution is -2.46. The standard InChI is InChI=1S/C35H47ClN6O3/c1-23-19-24(21-29(36)33(23)37)20-27(34(44)41-15-9-26(10-16-41)25-7-13-39(2)14-8-25)22-32(43)40-17-11-28(12-18-40)42-31-6-4-3-5-30(31)38-35(42)45/h3-6,19,21,25-28H,7-18,20,22,37H2,1-2H3,(H,38,45)/t27-/m0/s1. The lowest BCUT2D eigenvalue weighted by atomic mass is 9.78. The van der Waals surface area contributed by atoms with Gasteiger partial charge in [0.15, 0.2) is 0 Å². The number of amides is 2. The van der Waals surface area contributed by atoms with E-state index in [4.69, 9.17) is 17.3 Å². The Hall–Kier alpha value is -3.30. The van der Waals surface area contributed by atoms with Gasteiger partial charge in [-0.2, -0.15) is 0 Å². The average molecular weight is 635 g/mol. The first-order chi connectivity index (χ1) is 21.7. The minimum atomic E-state index is -0.467. The maximum atomic E-state index is 14.1. The molecule has 10 heteroatoms. The van der Waals surface area contributed by atoms with Crippen LogP contribution in [0.3, 0.4) is 0 Å². The molecule has 3 fully saturated rings. The average Bonchev–Trinajstić information content (AvgIpc) is 3.39.